The van der Waals surface area contributed by atoms with Gasteiger partial charge in [-0.2, -0.15) is 11.8 Å². The lowest BCUT2D eigenvalue weighted by molar-refractivity contribution is -0.135. The van der Waals surface area contributed by atoms with Crippen molar-refractivity contribution in [2.45, 2.75) is 75.5 Å². The molecule has 1 spiro atoms. The first kappa shape index (κ1) is 13.4. The molecule has 2 unspecified atom stereocenters. The molecule has 1 amide bonds. The van der Waals surface area contributed by atoms with Crippen LogP contribution in [0, 0.1) is 5.92 Å². The van der Waals surface area contributed by atoms with Crippen molar-refractivity contribution < 1.29 is 4.79 Å². The van der Waals surface area contributed by atoms with Gasteiger partial charge in [0.2, 0.25) is 5.91 Å². The zero-order valence-corrected chi connectivity index (χ0v) is 13.1. The molecule has 4 aliphatic rings. The van der Waals surface area contributed by atoms with Crippen molar-refractivity contribution in [3.63, 3.8) is 0 Å². The van der Waals surface area contributed by atoms with E-state index in [9.17, 15) is 4.79 Å². The van der Waals surface area contributed by atoms with Crippen molar-refractivity contribution in [1.82, 2.24) is 10.2 Å². The Kier molecular flexibility index (Phi) is 3.50. The smallest absolute Gasteiger partial charge is 0.244 e. The summed E-state index contributed by atoms with van der Waals surface area (Å²) in [7, 11) is 0. The molecule has 2 aliphatic heterocycles. The minimum Gasteiger partial charge on any atom is -0.321 e. The lowest BCUT2D eigenvalue weighted by Gasteiger charge is -2.33. The standard InChI is InChI=1S/C16H26N2OS/c19-15-16(8-3-4-9-16)17-14(12-5-1-2-6-12)18(15)13-7-10-20-11-13/h12-14,17H,1-11H2. The van der Waals surface area contributed by atoms with Crippen LogP contribution in [0.1, 0.15) is 57.8 Å². The average molecular weight is 294 g/mol. The lowest BCUT2D eigenvalue weighted by atomic mass is 9.97. The van der Waals surface area contributed by atoms with E-state index in [0.29, 0.717) is 24.0 Å². The molecule has 4 rings (SSSR count). The van der Waals surface area contributed by atoms with Gasteiger partial charge in [0.15, 0.2) is 0 Å². The van der Waals surface area contributed by atoms with Gasteiger partial charge in [-0.15, -0.1) is 0 Å². The van der Waals surface area contributed by atoms with Gasteiger partial charge in [-0.05, 0) is 43.8 Å². The molecule has 1 N–H and O–H groups in total. The zero-order chi connectivity index (χ0) is 13.6. The summed E-state index contributed by atoms with van der Waals surface area (Å²) in [5.41, 5.74) is -0.166. The fraction of sp³-hybridized carbons (Fsp3) is 0.938. The molecule has 2 heterocycles. The molecule has 0 aromatic carbocycles. The van der Waals surface area contributed by atoms with Crippen LogP contribution < -0.4 is 5.32 Å². The Balaban J connectivity index is 1.62. The van der Waals surface area contributed by atoms with Gasteiger partial charge >= 0.3 is 0 Å². The largest absolute Gasteiger partial charge is 0.321 e. The molecular weight excluding hydrogens is 268 g/mol. The molecule has 0 aromatic heterocycles. The number of rotatable bonds is 2. The van der Waals surface area contributed by atoms with Gasteiger partial charge < -0.3 is 4.90 Å². The van der Waals surface area contributed by atoms with Crippen molar-refractivity contribution in [1.29, 1.82) is 0 Å². The van der Waals surface area contributed by atoms with E-state index in [1.807, 2.05) is 11.8 Å². The molecule has 2 atom stereocenters. The average Bonchev–Trinajstić information content (AvgIpc) is 3.21. The third kappa shape index (κ3) is 2.02. The molecule has 112 valence electrons. The number of carbonyl (C=O) groups excluding carboxylic acids is 1. The van der Waals surface area contributed by atoms with E-state index in [1.165, 1.54) is 50.7 Å². The van der Waals surface area contributed by atoms with Crippen LogP contribution in [-0.2, 0) is 4.79 Å². The van der Waals surface area contributed by atoms with Gasteiger partial charge in [-0.25, -0.2) is 0 Å². The molecule has 4 fully saturated rings. The molecule has 4 heteroatoms. The van der Waals surface area contributed by atoms with Crippen LogP contribution in [0.3, 0.4) is 0 Å². The van der Waals surface area contributed by atoms with Gasteiger partial charge in [0.05, 0.1) is 11.7 Å². The van der Waals surface area contributed by atoms with E-state index in [1.54, 1.807) is 0 Å². The van der Waals surface area contributed by atoms with Crippen molar-refractivity contribution in [3.05, 3.63) is 0 Å². The molecule has 2 saturated heterocycles. The number of hydrogen-bond donors (Lipinski definition) is 1. The molecule has 3 nitrogen and oxygen atoms in total. The first-order chi connectivity index (χ1) is 9.80. The van der Waals surface area contributed by atoms with Gasteiger partial charge in [-0.3, -0.25) is 10.1 Å². The Labute approximate surface area is 126 Å². The Morgan fingerprint density at radius 3 is 2.50 bits per heavy atom. The van der Waals surface area contributed by atoms with E-state index in [-0.39, 0.29) is 5.54 Å². The quantitative estimate of drug-likeness (QED) is 0.850. The highest BCUT2D eigenvalue weighted by Crippen LogP contribution is 2.43. The Bertz CT molecular complexity index is 382. The monoisotopic (exact) mass is 294 g/mol. The maximum atomic E-state index is 13.1. The van der Waals surface area contributed by atoms with E-state index in [4.69, 9.17) is 0 Å². The minimum atomic E-state index is -0.166. The summed E-state index contributed by atoms with van der Waals surface area (Å²) in [5, 5.41) is 3.85. The normalized spacial score (nSPS) is 37.6. The number of hydrogen-bond acceptors (Lipinski definition) is 3. The second kappa shape index (κ2) is 5.20. The highest BCUT2D eigenvalue weighted by molar-refractivity contribution is 7.99. The maximum absolute atomic E-state index is 13.1. The van der Waals surface area contributed by atoms with Crippen LogP contribution in [0.5, 0.6) is 0 Å². The Morgan fingerprint density at radius 2 is 1.85 bits per heavy atom. The van der Waals surface area contributed by atoms with Gasteiger partial charge in [0, 0.05) is 11.8 Å². The molecule has 2 aliphatic carbocycles. The second-order valence-electron chi connectivity index (χ2n) is 7.15. The number of thioether (sulfide) groups is 1. The fourth-order valence-corrected chi connectivity index (χ4v) is 6.08. The van der Waals surface area contributed by atoms with Crippen LogP contribution >= 0.6 is 11.8 Å². The minimum absolute atomic E-state index is 0.166. The van der Waals surface area contributed by atoms with Crippen LogP contribution in [0.4, 0.5) is 0 Å². The third-order valence-corrected chi connectivity index (χ3v) is 7.12. The van der Waals surface area contributed by atoms with Crippen LogP contribution in [-0.4, -0.2) is 40.1 Å². The predicted molar refractivity (Wildman–Crippen MR) is 82.7 cm³/mol. The van der Waals surface area contributed by atoms with Crippen molar-refractivity contribution in [2.75, 3.05) is 11.5 Å². The Morgan fingerprint density at radius 1 is 1.10 bits per heavy atom. The third-order valence-electron chi connectivity index (χ3n) is 5.97. The number of nitrogens with one attached hydrogen (secondary N) is 1. The number of nitrogens with zero attached hydrogens (tertiary/aromatic N) is 1. The summed E-state index contributed by atoms with van der Waals surface area (Å²) in [6, 6.07) is 0.505. The van der Waals surface area contributed by atoms with E-state index in [0.717, 1.165) is 18.6 Å². The van der Waals surface area contributed by atoms with Crippen LogP contribution in [0.25, 0.3) is 0 Å². The summed E-state index contributed by atoms with van der Waals surface area (Å²) >= 11 is 2.02. The first-order valence-electron chi connectivity index (χ1n) is 8.48. The van der Waals surface area contributed by atoms with E-state index >= 15 is 0 Å². The first-order valence-corrected chi connectivity index (χ1v) is 9.64. The molecular formula is C16H26N2OS. The maximum Gasteiger partial charge on any atom is 0.244 e. The summed E-state index contributed by atoms with van der Waals surface area (Å²) in [6.07, 6.45) is 11.5. The van der Waals surface area contributed by atoms with Crippen molar-refractivity contribution in [3.8, 4) is 0 Å². The van der Waals surface area contributed by atoms with Crippen LogP contribution in [0.15, 0.2) is 0 Å². The molecule has 0 bridgehead atoms. The summed E-state index contributed by atoms with van der Waals surface area (Å²) < 4.78 is 0. The number of carbonyl (C=O) groups is 1. The lowest BCUT2D eigenvalue weighted by Crippen LogP contribution is -2.48. The predicted octanol–water partition coefficient (Wildman–Crippen LogP) is 2.75. The SMILES string of the molecule is O=C1N(C2CCSC2)C(C2CCCC2)NC12CCCC2. The van der Waals surface area contributed by atoms with Crippen molar-refractivity contribution >= 4 is 17.7 Å². The molecule has 0 radical (unpaired) electrons. The van der Waals surface area contributed by atoms with Crippen LogP contribution in [0.2, 0.25) is 0 Å². The van der Waals surface area contributed by atoms with Gasteiger partial charge in [0.1, 0.15) is 0 Å². The summed E-state index contributed by atoms with van der Waals surface area (Å²) in [6.45, 7) is 0. The highest BCUT2D eigenvalue weighted by atomic mass is 32.2. The highest BCUT2D eigenvalue weighted by Gasteiger charge is 2.55. The van der Waals surface area contributed by atoms with Crippen molar-refractivity contribution in [2.24, 2.45) is 5.92 Å². The van der Waals surface area contributed by atoms with E-state index < -0.39 is 0 Å². The summed E-state index contributed by atoms with van der Waals surface area (Å²) in [5.74, 6) is 3.56. The second-order valence-corrected chi connectivity index (χ2v) is 8.30. The Hall–Kier alpha value is -0.220. The summed E-state index contributed by atoms with van der Waals surface area (Å²) in [4.78, 5) is 15.5. The molecule has 0 aromatic rings. The fourth-order valence-electron chi connectivity index (χ4n) is 4.88. The molecule has 2 saturated carbocycles. The molecule has 20 heavy (non-hydrogen) atoms. The van der Waals surface area contributed by atoms with Gasteiger partial charge in [-0.1, -0.05) is 25.7 Å². The van der Waals surface area contributed by atoms with E-state index in [2.05, 4.69) is 10.2 Å². The topological polar surface area (TPSA) is 32.3 Å². The zero-order valence-electron chi connectivity index (χ0n) is 12.3. The number of amides is 1. The van der Waals surface area contributed by atoms with Gasteiger partial charge in [0.25, 0.3) is 0 Å².